The molecule has 1 aromatic heterocycles. The second kappa shape index (κ2) is 5.35. The molecule has 0 spiro atoms. The molecule has 0 bridgehead atoms. The lowest BCUT2D eigenvalue weighted by molar-refractivity contribution is 0.591. The summed E-state index contributed by atoms with van der Waals surface area (Å²) < 4.78 is 1.04. The van der Waals surface area contributed by atoms with E-state index in [-0.39, 0.29) is 0 Å². The van der Waals surface area contributed by atoms with Crippen molar-refractivity contribution in [1.82, 2.24) is 4.98 Å². The quantitative estimate of drug-likeness (QED) is 0.821. The average Bonchev–Trinajstić information content (AvgIpc) is 2.19. The zero-order valence-electron chi connectivity index (χ0n) is 9.00. The van der Waals surface area contributed by atoms with Crippen LogP contribution in [0.15, 0.2) is 22.9 Å². The van der Waals surface area contributed by atoms with Gasteiger partial charge in [-0.05, 0) is 34.8 Å². The molecular weight excluding hydrogens is 240 g/mol. The fourth-order valence-corrected chi connectivity index (χ4v) is 1.99. The molecule has 0 radical (unpaired) electrons. The number of halogens is 1. The zero-order chi connectivity index (χ0) is 10.6. The highest BCUT2D eigenvalue weighted by Gasteiger charge is 2.11. The summed E-state index contributed by atoms with van der Waals surface area (Å²) in [5.74, 6) is 0. The van der Waals surface area contributed by atoms with Crippen LogP contribution in [0.1, 0.15) is 26.7 Å². The standard InChI is InChI=1S/C11H17BrN2/c1-4-10(5-2)14(3)11-6-9(12)7-13-8-11/h6-8,10H,4-5H2,1-3H3. The van der Waals surface area contributed by atoms with Gasteiger partial charge in [0.2, 0.25) is 0 Å². The number of nitrogens with zero attached hydrogens (tertiary/aromatic N) is 2. The van der Waals surface area contributed by atoms with Gasteiger partial charge in [0.05, 0.1) is 11.9 Å². The third kappa shape index (κ3) is 2.71. The molecule has 1 heterocycles. The first kappa shape index (κ1) is 11.5. The first-order chi connectivity index (χ1) is 6.69. The Kier molecular flexibility index (Phi) is 4.39. The van der Waals surface area contributed by atoms with E-state index in [2.05, 4.69) is 52.8 Å². The fourth-order valence-electron chi connectivity index (χ4n) is 1.64. The predicted octanol–water partition coefficient (Wildman–Crippen LogP) is 3.47. The van der Waals surface area contributed by atoms with Crippen LogP contribution in [0, 0.1) is 0 Å². The van der Waals surface area contributed by atoms with Crippen LogP contribution >= 0.6 is 15.9 Å². The van der Waals surface area contributed by atoms with Crippen LogP contribution in [-0.2, 0) is 0 Å². The highest BCUT2D eigenvalue weighted by atomic mass is 79.9. The van der Waals surface area contributed by atoms with E-state index in [9.17, 15) is 0 Å². The van der Waals surface area contributed by atoms with E-state index < -0.39 is 0 Å². The molecule has 1 rings (SSSR count). The Labute approximate surface area is 94.5 Å². The Balaban J connectivity index is 2.82. The van der Waals surface area contributed by atoms with Gasteiger partial charge in [-0.2, -0.15) is 0 Å². The van der Waals surface area contributed by atoms with Crippen molar-refractivity contribution in [3.8, 4) is 0 Å². The van der Waals surface area contributed by atoms with Gasteiger partial charge in [0.1, 0.15) is 0 Å². The van der Waals surface area contributed by atoms with Crippen molar-refractivity contribution in [3.63, 3.8) is 0 Å². The monoisotopic (exact) mass is 256 g/mol. The van der Waals surface area contributed by atoms with Gasteiger partial charge in [0.25, 0.3) is 0 Å². The van der Waals surface area contributed by atoms with Crippen LogP contribution in [0.4, 0.5) is 5.69 Å². The SMILES string of the molecule is CCC(CC)N(C)c1cncc(Br)c1. The second-order valence-electron chi connectivity index (χ2n) is 3.44. The molecule has 78 valence electrons. The summed E-state index contributed by atoms with van der Waals surface area (Å²) in [6.45, 7) is 4.44. The first-order valence-electron chi connectivity index (χ1n) is 5.02. The second-order valence-corrected chi connectivity index (χ2v) is 4.36. The minimum absolute atomic E-state index is 0.603. The van der Waals surface area contributed by atoms with Gasteiger partial charge in [-0.25, -0.2) is 0 Å². The number of hydrogen-bond donors (Lipinski definition) is 0. The van der Waals surface area contributed by atoms with E-state index in [4.69, 9.17) is 0 Å². The summed E-state index contributed by atoms with van der Waals surface area (Å²) in [7, 11) is 2.13. The maximum absolute atomic E-state index is 4.17. The number of anilines is 1. The van der Waals surface area contributed by atoms with Gasteiger partial charge in [-0.3, -0.25) is 4.98 Å². The average molecular weight is 257 g/mol. The third-order valence-corrected chi connectivity index (χ3v) is 3.02. The highest BCUT2D eigenvalue weighted by Crippen LogP contribution is 2.20. The van der Waals surface area contributed by atoms with E-state index >= 15 is 0 Å². The minimum Gasteiger partial charge on any atom is -0.370 e. The molecule has 0 fully saturated rings. The summed E-state index contributed by atoms with van der Waals surface area (Å²) in [6.07, 6.45) is 6.05. The molecule has 0 atom stereocenters. The van der Waals surface area contributed by atoms with Crippen molar-refractivity contribution in [2.75, 3.05) is 11.9 Å². The number of hydrogen-bond acceptors (Lipinski definition) is 2. The molecule has 0 aliphatic heterocycles. The van der Waals surface area contributed by atoms with Gasteiger partial charge >= 0.3 is 0 Å². The maximum Gasteiger partial charge on any atom is 0.0563 e. The largest absolute Gasteiger partial charge is 0.370 e. The predicted molar refractivity (Wildman–Crippen MR) is 64.7 cm³/mol. The molecule has 0 aliphatic carbocycles. The lowest BCUT2D eigenvalue weighted by atomic mass is 10.1. The molecule has 0 aromatic carbocycles. The Morgan fingerprint density at radius 1 is 1.36 bits per heavy atom. The molecule has 3 heteroatoms. The number of rotatable bonds is 4. The molecule has 0 saturated heterocycles. The van der Waals surface area contributed by atoms with Crippen LogP contribution in [0.3, 0.4) is 0 Å². The topological polar surface area (TPSA) is 16.1 Å². The summed E-state index contributed by atoms with van der Waals surface area (Å²) in [4.78, 5) is 6.46. The molecule has 2 nitrogen and oxygen atoms in total. The Morgan fingerprint density at radius 2 is 2.00 bits per heavy atom. The summed E-state index contributed by atoms with van der Waals surface area (Å²) in [5, 5.41) is 0. The smallest absolute Gasteiger partial charge is 0.0563 e. The molecule has 0 amide bonds. The van der Waals surface area contributed by atoms with E-state index in [0.717, 1.165) is 4.47 Å². The van der Waals surface area contributed by atoms with Crippen molar-refractivity contribution in [2.45, 2.75) is 32.7 Å². The van der Waals surface area contributed by atoms with Gasteiger partial charge in [0, 0.05) is 23.8 Å². The molecular formula is C11H17BrN2. The maximum atomic E-state index is 4.17. The van der Waals surface area contributed by atoms with Crippen molar-refractivity contribution >= 4 is 21.6 Å². The van der Waals surface area contributed by atoms with E-state index in [0.29, 0.717) is 6.04 Å². The van der Waals surface area contributed by atoms with Gasteiger partial charge in [0.15, 0.2) is 0 Å². The molecule has 0 N–H and O–H groups in total. The summed E-state index contributed by atoms with van der Waals surface area (Å²) >= 11 is 3.43. The third-order valence-electron chi connectivity index (χ3n) is 2.59. The Hall–Kier alpha value is -0.570. The van der Waals surface area contributed by atoms with Crippen LogP contribution in [0.25, 0.3) is 0 Å². The Bertz CT molecular complexity index is 284. The highest BCUT2D eigenvalue weighted by molar-refractivity contribution is 9.10. The van der Waals surface area contributed by atoms with E-state index in [1.807, 2.05) is 12.4 Å². The van der Waals surface area contributed by atoms with Gasteiger partial charge < -0.3 is 4.90 Å². The van der Waals surface area contributed by atoms with Crippen molar-refractivity contribution in [3.05, 3.63) is 22.9 Å². The molecule has 14 heavy (non-hydrogen) atoms. The fraction of sp³-hybridized carbons (Fsp3) is 0.545. The summed E-state index contributed by atoms with van der Waals surface area (Å²) in [5.41, 5.74) is 1.17. The molecule has 0 saturated carbocycles. The van der Waals surface area contributed by atoms with E-state index in [1.165, 1.54) is 18.5 Å². The lowest BCUT2D eigenvalue weighted by Gasteiger charge is -2.28. The summed E-state index contributed by atoms with van der Waals surface area (Å²) in [6, 6.07) is 2.71. The van der Waals surface area contributed by atoms with Crippen LogP contribution in [-0.4, -0.2) is 18.1 Å². The van der Waals surface area contributed by atoms with Crippen LogP contribution in [0.2, 0.25) is 0 Å². The van der Waals surface area contributed by atoms with Crippen LogP contribution in [0.5, 0.6) is 0 Å². The zero-order valence-corrected chi connectivity index (χ0v) is 10.6. The lowest BCUT2D eigenvalue weighted by Crippen LogP contribution is -2.30. The van der Waals surface area contributed by atoms with Gasteiger partial charge in [-0.1, -0.05) is 13.8 Å². The number of aromatic nitrogens is 1. The minimum atomic E-state index is 0.603. The molecule has 0 aliphatic rings. The van der Waals surface area contributed by atoms with Crippen molar-refractivity contribution in [1.29, 1.82) is 0 Å². The van der Waals surface area contributed by atoms with Gasteiger partial charge in [-0.15, -0.1) is 0 Å². The normalized spacial score (nSPS) is 10.6. The van der Waals surface area contributed by atoms with E-state index in [1.54, 1.807) is 0 Å². The number of pyridine rings is 1. The van der Waals surface area contributed by atoms with Crippen LogP contribution < -0.4 is 4.90 Å². The Morgan fingerprint density at radius 3 is 2.50 bits per heavy atom. The molecule has 0 unspecified atom stereocenters. The first-order valence-corrected chi connectivity index (χ1v) is 5.81. The molecule has 1 aromatic rings. The van der Waals surface area contributed by atoms with Crippen molar-refractivity contribution in [2.24, 2.45) is 0 Å². The van der Waals surface area contributed by atoms with Crippen molar-refractivity contribution < 1.29 is 0 Å².